The quantitative estimate of drug-likeness (QED) is 0.484. The zero-order valence-corrected chi connectivity index (χ0v) is 12.6. The number of benzene rings is 2. The van der Waals surface area contributed by atoms with Gasteiger partial charge < -0.3 is 0 Å². The van der Waals surface area contributed by atoms with Gasteiger partial charge in [-0.05, 0) is 47.6 Å². The van der Waals surface area contributed by atoms with Gasteiger partial charge in [0.05, 0.1) is 0 Å². The smallest absolute Gasteiger partial charge is 0.159 e. The van der Waals surface area contributed by atoms with Crippen LogP contribution in [-0.2, 0) is 6.42 Å². The molecule has 0 saturated carbocycles. The number of rotatable bonds is 6. The van der Waals surface area contributed by atoms with Crippen LogP contribution in [0.5, 0.6) is 0 Å². The predicted molar refractivity (Wildman–Crippen MR) is 83.0 cm³/mol. The van der Waals surface area contributed by atoms with E-state index < -0.39 is 11.6 Å². The summed E-state index contributed by atoms with van der Waals surface area (Å²) < 4.78 is 26.2. The van der Waals surface area contributed by atoms with E-state index >= 15 is 0 Å². The number of nitrogens with two attached hydrogens (primary N) is 1. The molecule has 0 aliphatic rings. The van der Waals surface area contributed by atoms with Gasteiger partial charge in [-0.2, -0.15) is 0 Å². The van der Waals surface area contributed by atoms with E-state index in [2.05, 4.69) is 12.3 Å². The van der Waals surface area contributed by atoms with E-state index in [1.807, 2.05) is 24.3 Å². The van der Waals surface area contributed by atoms with Gasteiger partial charge in [-0.15, -0.1) is 11.8 Å². The first kappa shape index (κ1) is 15.9. The molecule has 5 heteroatoms. The van der Waals surface area contributed by atoms with Gasteiger partial charge in [0.25, 0.3) is 0 Å². The Hall–Kier alpha value is -1.43. The Morgan fingerprint density at radius 2 is 1.81 bits per heavy atom. The van der Waals surface area contributed by atoms with E-state index in [1.165, 1.54) is 11.0 Å². The van der Waals surface area contributed by atoms with Crippen LogP contribution in [0.4, 0.5) is 8.78 Å². The average Bonchev–Trinajstić information content (AvgIpc) is 2.50. The normalized spacial score (nSPS) is 12.4. The topological polar surface area (TPSA) is 38.0 Å². The average molecular weight is 308 g/mol. The Labute approximate surface area is 127 Å². The molecule has 2 aromatic carbocycles. The zero-order chi connectivity index (χ0) is 15.2. The minimum atomic E-state index is -0.836. The van der Waals surface area contributed by atoms with Crippen LogP contribution in [0.1, 0.15) is 24.1 Å². The summed E-state index contributed by atoms with van der Waals surface area (Å²) in [7, 11) is 0. The molecule has 0 amide bonds. The maximum absolute atomic E-state index is 13.2. The lowest BCUT2D eigenvalue weighted by Gasteiger charge is -2.17. The van der Waals surface area contributed by atoms with Crippen LogP contribution in [-0.4, -0.2) is 5.75 Å². The largest absolute Gasteiger partial charge is 0.271 e. The Morgan fingerprint density at radius 1 is 1.10 bits per heavy atom. The number of thioether (sulfide) groups is 1. The van der Waals surface area contributed by atoms with Crippen molar-refractivity contribution in [3.05, 3.63) is 65.2 Å². The Morgan fingerprint density at radius 3 is 2.38 bits per heavy atom. The minimum absolute atomic E-state index is 0.143. The van der Waals surface area contributed by atoms with E-state index in [9.17, 15) is 8.78 Å². The molecule has 0 aliphatic carbocycles. The molecule has 0 aliphatic heterocycles. The minimum Gasteiger partial charge on any atom is -0.271 e. The van der Waals surface area contributed by atoms with E-state index in [4.69, 9.17) is 5.84 Å². The molecule has 0 heterocycles. The third-order valence-corrected chi connectivity index (χ3v) is 4.11. The molecule has 0 spiro atoms. The van der Waals surface area contributed by atoms with Crippen molar-refractivity contribution in [3.8, 4) is 0 Å². The van der Waals surface area contributed by atoms with Crippen LogP contribution in [0.2, 0.25) is 0 Å². The van der Waals surface area contributed by atoms with Crippen molar-refractivity contribution >= 4 is 11.8 Å². The number of nitrogens with one attached hydrogen (secondary N) is 1. The van der Waals surface area contributed by atoms with Crippen LogP contribution in [0.15, 0.2) is 47.4 Å². The zero-order valence-electron chi connectivity index (χ0n) is 11.8. The van der Waals surface area contributed by atoms with Gasteiger partial charge in [0.2, 0.25) is 0 Å². The first-order chi connectivity index (χ1) is 10.1. The third-order valence-electron chi connectivity index (χ3n) is 3.22. The van der Waals surface area contributed by atoms with Crippen LogP contribution in [0.3, 0.4) is 0 Å². The summed E-state index contributed by atoms with van der Waals surface area (Å²) in [5.74, 6) is 4.94. The van der Waals surface area contributed by atoms with Gasteiger partial charge in [0.1, 0.15) is 0 Å². The van der Waals surface area contributed by atoms with Crippen molar-refractivity contribution in [2.75, 3.05) is 5.75 Å². The van der Waals surface area contributed by atoms with Crippen molar-refractivity contribution in [1.29, 1.82) is 0 Å². The van der Waals surface area contributed by atoms with Crippen LogP contribution in [0.25, 0.3) is 0 Å². The third kappa shape index (κ3) is 4.27. The van der Waals surface area contributed by atoms with Crippen LogP contribution >= 0.6 is 11.8 Å². The molecule has 1 atom stereocenters. The second-order valence-electron chi connectivity index (χ2n) is 4.67. The summed E-state index contributed by atoms with van der Waals surface area (Å²) >= 11 is 1.77. The fraction of sp³-hybridized carbons (Fsp3) is 0.250. The highest BCUT2D eigenvalue weighted by atomic mass is 32.2. The van der Waals surface area contributed by atoms with Gasteiger partial charge in [-0.1, -0.05) is 25.1 Å². The van der Waals surface area contributed by atoms with Gasteiger partial charge in [-0.3, -0.25) is 11.3 Å². The van der Waals surface area contributed by atoms with E-state index in [0.29, 0.717) is 12.0 Å². The van der Waals surface area contributed by atoms with Crippen molar-refractivity contribution < 1.29 is 8.78 Å². The van der Waals surface area contributed by atoms with Crippen molar-refractivity contribution in [2.45, 2.75) is 24.3 Å². The summed E-state index contributed by atoms with van der Waals surface area (Å²) in [5, 5.41) is 0. The van der Waals surface area contributed by atoms with Crippen molar-refractivity contribution in [2.24, 2.45) is 5.84 Å². The molecule has 0 aromatic heterocycles. The summed E-state index contributed by atoms with van der Waals surface area (Å²) in [5.41, 5.74) is 4.44. The van der Waals surface area contributed by atoms with Crippen LogP contribution in [0, 0.1) is 11.6 Å². The molecule has 21 heavy (non-hydrogen) atoms. The van der Waals surface area contributed by atoms with E-state index in [1.54, 1.807) is 17.8 Å². The fourth-order valence-corrected chi connectivity index (χ4v) is 2.80. The predicted octanol–water partition coefficient (Wildman–Crippen LogP) is 3.82. The molecule has 0 radical (unpaired) electrons. The van der Waals surface area contributed by atoms with Gasteiger partial charge in [0.15, 0.2) is 11.6 Å². The number of hydrogen-bond acceptors (Lipinski definition) is 3. The summed E-state index contributed by atoms with van der Waals surface area (Å²) in [6, 6.07) is 11.9. The Kier molecular flexibility index (Phi) is 5.73. The van der Waals surface area contributed by atoms with Crippen molar-refractivity contribution in [3.63, 3.8) is 0 Å². The molecule has 0 bridgehead atoms. The van der Waals surface area contributed by atoms with Crippen LogP contribution < -0.4 is 11.3 Å². The summed E-state index contributed by atoms with van der Waals surface area (Å²) in [6.07, 6.45) is 0.494. The SMILES string of the molecule is CCSc1ccc(C(Cc2ccc(F)c(F)c2)NN)cc1. The molecule has 2 aromatic rings. The molecule has 2 nitrogen and oxygen atoms in total. The van der Waals surface area contributed by atoms with Gasteiger partial charge in [0, 0.05) is 10.9 Å². The summed E-state index contributed by atoms with van der Waals surface area (Å²) in [4.78, 5) is 1.20. The van der Waals surface area contributed by atoms with E-state index in [0.717, 1.165) is 17.4 Å². The molecule has 112 valence electrons. The second-order valence-corrected chi connectivity index (χ2v) is 6.01. The molecule has 3 N–H and O–H groups in total. The number of hydrogen-bond donors (Lipinski definition) is 2. The first-order valence-electron chi connectivity index (χ1n) is 6.77. The molecular weight excluding hydrogens is 290 g/mol. The van der Waals surface area contributed by atoms with Crippen molar-refractivity contribution in [1.82, 2.24) is 5.43 Å². The first-order valence-corrected chi connectivity index (χ1v) is 7.75. The highest BCUT2D eigenvalue weighted by molar-refractivity contribution is 7.99. The van der Waals surface area contributed by atoms with Gasteiger partial charge >= 0.3 is 0 Å². The van der Waals surface area contributed by atoms with E-state index in [-0.39, 0.29) is 6.04 Å². The standard InChI is InChI=1S/C16H18F2N2S/c1-2-21-13-6-4-12(5-7-13)16(20-19)10-11-3-8-14(17)15(18)9-11/h3-9,16,20H,2,10,19H2,1H3. The molecule has 0 fully saturated rings. The lowest BCUT2D eigenvalue weighted by Crippen LogP contribution is -2.29. The molecular formula is C16H18F2N2S. The fourth-order valence-electron chi connectivity index (χ4n) is 2.14. The monoisotopic (exact) mass is 308 g/mol. The highest BCUT2D eigenvalue weighted by Gasteiger charge is 2.12. The second kappa shape index (κ2) is 7.54. The van der Waals surface area contributed by atoms with Gasteiger partial charge in [-0.25, -0.2) is 8.78 Å². The molecule has 0 saturated heterocycles. The molecule has 2 rings (SSSR count). The maximum Gasteiger partial charge on any atom is 0.159 e. The Bertz CT molecular complexity index is 587. The number of hydrazine groups is 1. The molecule has 1 unspecified atom stereocenters. The summed E-state index contributed by atoms with van der Waals surface area (Å²) in [6.45, 7) is 2.10. The number of halogens is 2. The highest BCUT2D eigenvalue weighted by Crippen LogP contribution is 2.23. The Balaban J connectivity index is 2.13. The maximum atomic E-state index is 13.2. The lowest BCUT2D eigenvalue weighted by molar-refractivity contribution is 0.502. The lowest BCUT2D eigenvalue weighted by atomic mass is 9.99.